The molecule has 5 nitrogen and oxygen atoms in total. The van der Waals surface area contributed by atoms with Crippen molar-refractivity contribution in [3.05, 3.63) is 43.5 Å². The quantitative estimate of drug-likeness (QED) is 0.328. The Morgan fingerprint density at radius 3 is 2.57 bits per heavy atom. The van der Waals surface area contributed by atoms with Gasteiger partial charge in [-0.25, -0.2) is 9.18 Å². The first-order valence-electron chi connectivity index (χ1n) is 9.30. The second kappa shape index (κ2) is 8.62. The number of fused-ring (bicyclic) bond motifs is 1. The molecule has 1 aromatic heterocycles. The Morgan fingerprint density at radius 2 is 2.00 bits per heavy atom. The Morgan fingerprint density at radius 1 is 1.36 bits per heavy atom. The maximum atomic E-state index is 14.2. The van der Waals surface area contributed by atoms with Crippen LogP contribution < -0.4 is 5.43 Å². The highest BCUT2D eigenvalue weighted by molar-refractivity contribution is 14.1. The van der Waals surface area contributed by atoms with Crippen LogP contribution in [0.3, 0.4) is 0 Å². The van der Waals surface area contributed by atoms with Gasteiger partial charge < -0.3 is 14.1 Å². The summed E-state index contributed by atoms with van der Waals surface area (Å²) in [4.78, 5) is 35.5. The lowest BCUT2D eigenvalue weighted by Gasteiger charge is -2.35. The number of aromatic nitrogens is 1. The molecule has 28 heavy (non-hydrogen) atoms. The molecular formula is C20H27FINO4Si. The predicted octanol–water partition coefficient (Wildman–Crippen LogP) is 4.68. The van der Waals surface area contributed by atoms with Gasteiger partial charge in [0, 0.05) is 21.7 Å². The van der Waals surface area contributed by atoms with Crippen LogP contribution in [-0.4, -0.2) is 30.3 Å². The molecule has 0 fully saturated rings. The summed E-state index contributed by atoms with van der Waals surface area (Å²) in [7, 11) is -2.34. The third-order valence-electron chi connectivity index (χ3n) is 5.47. The van der Waals surface area contributed by atoms with E-state index in [4.69, 9.17) is 4.74 Å². The predicted molar refractivity (Wildman–Crippen MR) is 120 cm³/mol. The zero-order valence-electron chi connectivity index (χ0n) is 16.9. The van der Waals surface area contributed by atoms with E-state index in [2.05, 4.69) is 13.8 Å². The van der Waals surface area contributed by atoms with E-state index < -0.39 is 25.5 Å². The molecule has 1 aromatic carbocycles. The number of esters is 1. The van der Waals surface area contributed by atoms with Crippen molar-refractivity contribution in [3.63, 3.8) is 0 Å². The fourth-order valence-corrected chi connectivity index (χ4v) is 4.18. The number of carbonyl (C=O) groups excluding carboxylic acids is 1. The number of halogens is 2. The minimum Gasteiger partial charge on any atom is -0.462 e. The molecule has 154 valence electrons. The summed E-state index contributed by atoms with van der Waals surface area (Å²) in [6, 6.07) is 2.81. The first-order chi connectivity index (χ1) is 12.9. The van der Waals surface area contributed by atoms with Gasteiger partial charge in [0.1, 0.15) is 11.4 Å². The van der Waals surface area contributed by atoms with Crippen LogP contribution in [0.1, 0.15) is 44.0 Å². The van der Waals surface area contributed by atoms with Gasteiger partial charge in [-0.3, -0.25) is 4.79 Å². The zero-order chi connectivity index (χ0) is 21.3. The first-order valence-corrected chi connectivity index (χ1v) is 13.3. The van der Waals surface area contributed by atoms with E-state index in [1.54, 1.807) is 11.5 Å². The SMILES string of the molecule is CCOC(=O)c1cn(CCCC(C)(C)[Si](C)(C)O)c2cc(F)c(I)cc2c1=O. The van der Waals surface area contributed by atoms with Crippen molar-refractivity contribution < 1.29 is 18.7 Å². The molecule has 0 aliphatic carbocycles. The summed E-state index contributed by atoms with van der Waals surface area (Å²) in [6.45, 7) is 10.3. The molecule has 0 saturated heterocycles. The average Bonchev–Trinajstić information content (AvgIpc) is 2.57. The number of carbonyl (C=O) groups is 1. The molecule has 2 aromatic rings. The lowest BCUT2D eigenvalue weighted by molar-refractivity contribution is 0.0524. The fourth-order valence-electron chi connectivity index (χ4n) is 2.92. The second-order valence-corrected chi connectivity index (χ2v) is 13.7. The van der Waals surface area contributed by atoms with Gasteiger partial charge in [0.2, 0.25) is 5.43 Å². The number of nitrogens with zero attached hydrogens (tertiary/aromatic N) is 1. The van der Waals surface area contributed by atoms with Gasteiger partial charge in [-0.05, 0) is 72.6 Å². The minimum absolute atomic E-state index is 0.0483. The van der Waals surface area contributed by atoms with Gasteiger partial charge in [0.25, 0.3) is 0 Å². The maximum Gasteiger partial charge on any atom is 0.343 e. The first kappa shape index (κ1) is 23.0. The molecular weight excluding hydrogens is 492 g/mol. The molecule has 0 spiro atoms. The Labute approximate surface area is 179 Å². The van der Waals surface area contributed by atoms with Crippen LogP contribution in [0.15, 0.2) is 23.1 Å². The summed E-state index contributed by atoms with van der Waals surface area (Å²) in [5.74, 6) is -1.08. The van der Waals surface area contributed by atoms with Crippen LogP contribution in [0, 0.1) is 9.39 Å². The van der Waals surface area contributed by atoms with Crippen LogP contribution in [0.2, 0.25) is 18.1 Å². The van der Waals surface area contributed by atoms with E-state index in [0.717, 1.165) is 12.8 Å². The highest BCUT2D eigenvalue weighted by Crippen LogP contribution is 2.39. The van der Waals surface area contributed by atoms with Gasteiger partial charge in [-0.1, -0.05) is 13.8 Å². The Balaban J connectivity index is 2.48. The van der Waals surface area contributed by atoms with Gasteiger partial charge in [-0.2, -0.15) is 0 Å². The molecule has 1 N–H and O–H groups in total. The molecule has 0 unspecified atom stereocenters. The van der Waals surface area contributed by atoms with Crippen molar-refractivity contribution in [1.29, 1.82) is 0 Å². The molecule has 0 aliphatic rings. The lowest BCUT2D eigenvalue weighted by Crippen LogP contribution is -2.39. The van der Waals surface area contributed by atoms with Crippen molar-refractivity contribution >= 4 is 47.8 Å². The van der Waals surface area contributed by atoms with E-state index >= 15 is 0 Å². The Bertz CT molecular complexity index is 950. The third-order valence-corrected chi connectivity index (χ3v) is 9.86. The molecule has 0 bridgehead atoms. The van der Waals surface area contributed by atoms with E-state index in [1.807, 2.05) is 35.7 Å². The molecule has 0 aliphatic heterocycles. The molecule has 0 radical (unpaired) electrons. The van der Waals surface area contributed by atoms with Crippen LogP contribution in [0.4, 0.5) is 4.39 Å². The molecule has 0 atom stereocenters. The van der Waals surface area contributed by atoms with Crippen LogP contribution in [-0.2, 0) is 11.3 Å². The number of aryl methyl sites for hydroxylation is 1. The summed E-state index contributed by atoms with van der Waals surface area (Å²) in [6.07, 6.45) is 2.96. The molecule has 0 amide bonds. The highest BCUT2D eigenvalue weighted by atomic mass is 127. The Kier molecular flexibility index (Phi) is 7.09. The molecule has 1 heterocycles. The van der Waals surface area contributed by atoms with E-state index in [1.165, 1.54) is 18.3 Å². The van der Waals surface area contributed by atoms with Crippen molar-refractivity contribution in [2.75, 3.05) is 6.61 Å². The summed E-state index contributed by atoms with van der Waals surface area (Å²) < 4.78 is 21.2. The smallest absolute Gasteiger partial charge is 0.343 e. The van der Waals surface area contributed by atoms with Crippen LogP contribution in [0.25, 0.3) is 10.9 Å². The normalized spacial score (nSPS) is 12.4. The van der Waals surface area contributed by atoms with Crippen LogP contribution >= 0.6 is 22.6 Å². The topological polar surface area (TPSA) is 68.5 Å². The van der Waals surface area contributed by atoms with Crippen molar-refractivity contribution in [2.24, 2.45) is 0 Å². The number of benzene rings is 1. The molecule has 0 saturated carbocycles. The number of ether oxygens (including phenoxy) is 1. The van der Waals surface area contributed by atoms with Crippen LogP contribution in [0.5, 0.6) is 0 Å². The largest absolute Gasteiger partial charge is 0.462 e. The number of hydrogen-bond acceptors (Lipinski definition) is 4. The van der Waals surface area contributed by atoms with E-state index in [9.17, 15) is 18.8 Å². The van der Waals surface area contributed by atoms with E-state index in [-0.39, 0.29) is 17.2 Å². The van der Waals surface area contributed by atoms with Crippen molar-refractivity contribution in [1.82, 2.24) is 4.57 Å². The van der Waals surface area contributed by atoms with Gasteiger partial charge in [-0.15, -0.1) is 0 Å². The molecule has 8 heteroatoms. The summed E-state index contributed by atoms with van der Waals surface area (Å²) in [5.41, 5.74) is -0.0472. The summed E-state index contributed by atoms with van der Waals surface area (Å²) in [5, 5.41) is 0.111. The average molecular weight is 519 g/mol. The minimum atomic E-state index is -2.34. The lowest BCUT2D eigenvalue weighted by atomic mass is 10.1. The summed E-state index contributed by atoms with van der Waals surface area (Å²) >= 11 is 1.83. The highest BCUT2D eigenvalue weighted by Gasteiger charge is 2.37. The van der Waals surface area contributed by atoms with Gasteiger partial charge in [0.15, 0.2) is 8.32 Å². The second-order valence-electron chi connectivity index (χ2n) is 8.12. The number of rotatable bonds is 7. The standard InChI is InChI=1S/C20H27FINO4Si/c1-6-27-19(25)14-12-23(9-7-8-20(2,3)28(4,5)26)17-11-15(21)16(22)10-13(17)18(14)24/h10-12,26H,6-9H2,1-5H3. The fraction of sp³-hybridized carbons (Fsp3) is 0.500. The van der Waals surface area contributed by atoms with Crippen molar-refractivity contribution in [3.8, 4) is 0 Å². The number of pyridine rings is 1. The number of hydrogen-bond donors (Lipinski definition) is 1. The van der Waals surface area contributed by atoms with Gasteiger partial charge >= 0.3 is 5.97 Å². The zero-order valence-corrected chi connectivity index (χ0v) is 20.1. The molecule has 2 rings (SSSR count). The van der Waals surface area contributed by atoms with Crippen molar-refractivity contribution in [2.45, 2.75) is 58.3 Å². The monoisotopic (exact) mass is 519 g/mol. The van der Waals surface area contributed by atoms with E-state index in [0.29, 0.717) is 21.0 Å². The van der Waals surface area contributed by atoms with Gasteiger partial charge in [0.05, 0.1) is 12.1 Å². The third kappa shape index (κ3) is 4.83. The Hall–Kier alpha value is -1.26. The maximum absolute atomic E-state index is 14.2.